The first kappa shape index (κ1) is 14.0. The molecule has 20 heavy (non-hydrogen) atoms. The van der Waals surface area contributed by atoms with Gasteiger partial charge in [-0.25, -0.2) is 0 Å². The molecule has 0 radical (unpaired) electrons. The van der Waals surface area contributed by atoms with E-state index in [9.17, 15) is 4.79 Å². The molecule has 3 rings (SSSR count). The van der Waals surface area contributed by atoms with Gasteiger partial charge < -0.3 is 15.8 Å². The lowest BCUT2D eigenvalue weighted by molar-refractivity contribution is -0.175. The molecule has 1 aromatic rings. The van der Waals surface area contributed by atoms with Gasteiger partial charge in [0.1, 0.15) is 5.54 Å². The van der Waals surface area contributed by atoms with Gasteiger partial charge >= 0.3 is 0 Å². The number of ether oxygens (including phenoxy) is 1. The second-order valence-electron chi connectivity index (χ2n) is 6.41. The highest BCUT2D eigenvalue weighted by atomic mass is 32.1. The summed E-state index contributed by atoms with van der Waals surface area (Å²) < 4.78 is 5.72. The fourth-order valence-corrected chi connectivity index (χ4v) is 4.45. The Balaban J connectivity index is 1.61. The maximum atomic E-state index is 12.5. The van der Waals surface area contributed by atoms with Gasteiger partial charge in [-0.05, 0) is 35.2 Å². The van der Waals surface area contributed by atoms with Crippen LogP contribution in [0, 0.1) is 11.3 Å². The number of nitrogens with two attached hydrogens (primary N) is 1. The van der Waals surface area contributed by atoms with Gasteiger partial charge in [0.25, 0.3) is 0 Å². The summed E-state index contributed by atoms with van der Waals surface area (Å²) >= 11 is 1.68. The van der Waals surface area contributed by atoms with Crippen LogP contribution in [0.5, 0.6) is 0 Å². The van der Waals surface area contributed by atoms with Crippen LogP contribution < -0.4 is 11.1 Å². The maximum Gasteiger partial charge on any atom is 0.241 e. The molecule has 1 aromatic heterocycles. The minimum atomic E-state index is -0.789. The van der Waals surface area contributed by atoms with Crippen LogP contribution in [0.1, 0.15) is 25.8 Å². The van der Waals surface area contributed by atoms with E-state index in [1.165, 1.54) is 5.56 Å². The van der Waals surface area contributed by atoms with Crippen LogP contribution in [-0.4, -0.2) is 30.7 Å². The monoisotopic (exact) mass is 294 g/mol. The minimum absolute atomic E-state index is 0.0236. The van der Waals surface area contributed by atoms with Crippen molar-refractivity contribution in [3.63, 3.8) is 0 Å². The van der Waals surface area contributed by atoms with Crippen molar-refractivity contribution in [1.82, 2.24) is 5.32 Å². The molecule has 0 bridgehead atoms. The Morgan fingerprint density at radius 1 is 1.60 bits per heavy atom. The molecule has 1 saturated carbocycles. The number of hydrogen-bond donors (Lipinski definition) is 2. The minimum Gasteiger partial charge on any atom is -0.377 e. The summed E-state index contributed by atoms with van der Waals surface area (Å²) in [5, 5.41) is 7.18. The molecule has 3 atom stereocenters. The summed E-state index contributed by atoms with van der Waals surface area (Å²) in [6, 6.07) is 2.09. The average Bonchev–Trinajstić information content (AvgIpc) is 3.07. The van der Waals surface area contributed by atoms with Crippen molar-refractivity contribution in [3.05, 3.63) is 22.4 Å². The highest BCUT2D eigenvalue weighted by molar-refractivity contribution is 7.07. The first-order valence-corrected chi connectivity index (χ1v) is 8.12. The molecule has 3 N–H and O–H groups in total. The van der Waals surface area contributed by atoms with E-state index in [-0.39, 0.29) is 23.3 Å². The van der Waals surface area contributed by atoms with Crippen molar-refractivity contribution in [2.75, 3.05) is 13.2 Å². The molecule has 0 spiro atoms. The van der Waals surface area contributed by atoms with Crippen LogP contribution in [0.25, 0.3) is 0 Å². The third-order valence-corrected chi connectivity index (χ3v) is 5.84. The summed E-state index contributed by atoms with van der Waals surface area (Å²) in [6.45, 7) is 5.44. The molecular weight excluding hydrogens is 272 g/mol. The molecule has 1 amide bonds. The number of fused-ring (bicyclic) bond motifs is 1. The second-order valence-corrected chi connectivity index (χ2v) is 7.19. The Morgan fingerprint density at radius 3 is 3.10 bits per heavy atom. The van der Waals surface area contributed by atoms with E-state index in [4.69, 9.17) is 10.5 Å². The molecule has 2 aliphatic rings. The molecule has 4 nitrogen and oxygen atoms in total. The van der Waals surface area contributed by atoms with Crippen molar-refractivity contribution in [3.8, 4) is 0 Å². The quantitative estimate of drug-likeness (QED) is 0.885. The fraction of sp³-hybridized carbons (Fsp3) is 0.667. The van der Waals surface area contributed by atoms with Crippen molar-refractivity contribution in [2.45, 2.75) is 38.3 Å². The molecule has 2 heterocycles. The van der Waals surface area contributed by atoms with E-state index in [1.807, 2.05) is 13.8 Å². The van der Waals surface area contributed by atoms with Gasteiger partial charge in [0.05, 0.1) is 6.10 Å². The zero-order valence-corrected chi connectivity index (χ0v) is 12.8. The van der Waals surface area contributed by atoms with Crippen molar-refractivity contribution in [1.29, 1.82) is 0 Å². The van der Waals surface area contributed by atoms with E-state index in [2.05, 4.69) is 22.1 Å². The van der Waals surface area contributed by atoms with E-state index in [0.717, 1.165) is 19.4 Å². The topological polar surface area (TPSA) is 64.3 Å². The van der Waals surface area contributed by atoms with E-state index < -0.39 is 5.54 Å². The maximum absolute atomic E-state index is 12.5. The Bertz CT molecular complexity index is 500. The number of rotatable bonds is 4. The number of nitrogens with one attached hydrogen (secondary N) is 1. The van der Waals surface area contributed by atoms with Crippen molar-refractivity contribution < 1.29 is 9.53 Å². The van der Waals surface area contributed by atoms with Gasteiger partial charge in [0.15, 0.2) is 0 Å². The molecule has 1 saturated heterocycles. The molecule has 2 fully saturated rings. The number of carbonyl (C=O) groups excluding carboxylic acids is 1. The number of thiophene rings is 1. The second kappa shape index (κ2) is 4.83. The first-order valence-electron chi connectivity index (χ1n) is 7.18. The highest BCUT2D eigenvalue weighted by Crippen LogP contribution is 2.58. The van der Waals surface area contributed by atoms with Crippen molar-refractivity contribution >= 4 is 17.2 Å². The summed E-state index contributed by atoms with van der Waals surface area (Å²) in [7, 11) is 0. The molecule has 1 aliphatic carbocycles. The first-order chi connectivity index (χ1) is 9.48. The summed E-state index contributed by atoms with van der Waals surface area (Å²) in [6.07, 6.45) is 1.88. The van der Waals surface area contributed by atoms with Crippen LogP contribution in [0.15, 0.2) is 16.8 Å². The van der Waals surface area contributed by atoms with Crippen LogP contribution in [0.4, 0.5) is 0 Å². The number of hydrogen-bond acceptors (Lipinski definition) is 4. The van der Waals surface area contributed by atoms with Crippen LogP contribution in [0.3, 0.4) is 0 Å². The lowest BCUT2D eigenvalue weighted by Gasteiger charge is -2.60. The van der Waals surface area contributed by atoms with Gasteiger partial charge in [0, 0.05) is 24.5 Å². The highest BCUT2D eigenvalue weighted by Gasteiger charge is 2.71. The zero-order valence-electron chi connectivity index (χ0n) is 12.0. The fourth-order valence-electron chi connectivity index (χ4n) is 3.75. The predicted molar refractivity (Wildman–Crippen MR) is 79.6 cm³/mol. The predicted octanol–water partition coefficient (Wildman–Crippen LogP) is 1.55. The van der Waals surface area contributed by atoms with Gasteiger partial charge in [-0.3, -0.25) is 4.79 Å². The van der Waals surface area contributed by atoms with Gasteiger partial charge in [0.2, 0.25) is 5.91 Å². The van der Waals surface area contributed by atoms with Gasteiger partial charge in [-0.1, -0.05) is 13.8 Å². The number of amides is 1. The van der Waals surface area contributed by atoms with Crippen molar-refractivity contribution in [2.24, 2.45) is 17.1 Å². The standard InChI is InChI=1S/C15H22N2O2S/c1-14(2)12-11(4-7-19-12)15(14,16)13(18)17-6-3-10-5-8-20-9-10/h5,8-9,11-12H,3-4,6-7,16H2,1-2H3,(H,17,18). The SMILES string of the molecule is CC1(C)C2OCCC2C1(N)C(=O)NCCc1ccsc1. The molecule has 3 unspecified atom stereocenters. The van der Waals surface area contributed by atoms with Gasteiger partial charge in [-0.15, -0.1) is 0 Å². The molecule has 110 valence electrons. The van der Waals surface area contributed by atoms with Crippen LogP contribution >= 0.6 is 11.3 Å². The Hall–Kier alpha value is -0.910. The normalized spacial score (nSPS) is 34.4. The Labute approximate surface area is 123 Å². The summed E-state index contributed by atoms with van der Waals surface area (Å²) in [4.78, 5) is 12.5. The van der Waals surface area contributed by atoms with Crippen LogP contribution in [-0.2, 0) is 16.0 Å². The van der Waals surface area contributed by atoms with E-state index in [0.29, 0.717) is 6.54 Å². The Morgan fingerprint density at radius 2 is 2.40 bits per heavy atom. The largest absolute Gasteiger partial charge is 0.377 e. The molecule has 5 heteroatoms. The van der Waals surface area contributed by atoms with E-state index in [1.54, 1.807) is 11.3 Å². The van der Waals surface area contributed by atoms with E-state index >= 15 is 0 Å². The zero-order chi connectivity index (χ0) is 14.4. The van der Waals surface area contributed by atoms with Crippen LogP contribution in [0.2, 0.25) is 0 Å². The lowest BCUT2D eigenvalue weighted by Crippen LogP contribution is -2.80. The Kier molecular flexibility index (Phi) is 3.39. The average molecular weight is 294 g/mol. The summed E-state index contributed by atoms with van der Waals surface area (Å²) in [5.41, 5.74) is 6.66. The molecule has 1 aliphatic heterocycles. The molecule has 0 aromatic carbocycles. The number of carbonyl (C=O) groups is 1. The summed E-state index contributed by atoms with van der Waals surface area (Å²) in [5.74, 6) is 0.142. The third-order valence-electron chi connectivity index (χ3n) is 5.11. The van der Waals surface area contributed by atoms with Gasteiger partial charge in [-0.2, -0.15) is 11.3 Å². The smallest absolute Gasteiger partial charge is 0.241 e. The third kappa shape index (κ3) is 1.84. The molecular formula is C15H22N2O2S. The lowest BCUT2D eigenvalue weighted by atomic mass is 9.48.